The topological polar surface area (TPSA) is 41.9 Å². The first-order valence-electron chi connectivity index (χ1n) is 6.85. The Kier molecular flexibility index (Phi) is 3.69. The molecule has 21 heavy (non-hydrogen) atoms. The molecule has 0 bridgehead atoms. The average molecular weight is 280 g/mol. The maximum atomic E-state index is 10.7. The standard InChI is InChI=1S/C17H16N2O2/c1-21-16-8-4-14(5-9-16)17-10-11-19(18-17)15-6-2-13(12-20)3-7-15/h2-9,12H,10-11H2,1H3. The van der Waals surface area contributed by atoms with Crippen molar-refractivity contribution >= 4 is 17.7 Å². The number of methoxy groups -OCH3 is 1. The van der Waals surface area contributed by atoms with E-state index in [9.17, 15) is 4.79 Å². The van der Waals surface area contributed by atoms with Gasteiger partial charge in [0.1, 0.15) is 12.0 Å². The summed E-state index contributed by atoms with van der Waals surface area (Å²) in [5.41, 5.74) is 3.86. The number of hydrazone groups is 1. The third kappa shape index (κ3) is 2.79. The minimum atomic E-state index is 0.678. The van der Waals surface area contributed by atoms with Crippen LogP contribution in [0.1, 0.15) is 22.3 Å². The number of benzene rings is 2. The highest BCUT2D eigenvalue weighted by molar-refractivity contribution is 6.02. The minimum absolute atomic E-state index is 0.678. The van der Waals surface area contributed by atoms with Crippen LogP contribution < -0.4 is 9.75 Å². The molecule has 1 aliphatic rings. The summed E-state index contributed by atoms with van der Waals surface area (Å²) in [7, 11) is 1.66. The van der Waals surface area contributed by atoms with Gasteiger partial charge in [-0.05, 0) is 54.1 Å². The lowest BCUT2D eigenvalue weighted by Crippen LogP contribution is -2.11. The van der Waals surface area contributed by atoms with Crippen LogP contribution in [0.3, 0.4) is 0 Å². The van der Waals surface area contributed by atoms with Gasteiger partial charge in [0.2, 0.25) is 0 Å². The third-order valence-corrected chi connectivity index (χ3v) is 3.55. The van der Waals surface area contributed by atoms with Crippen LogP contribution in [0, 0.1) is 0 Å². The number of ether oxygens (including phenoxy) is 1. The predicted octanol–water partition coefficient (Wildman–Crippen LogP) is 3.12. The summed E-state index contributed by atoms with van der Waals surface area (Å²) in [6.07, 6.45) is 1.75. The second kappa shape index (κ2) is 5.79. The molecule has 0 saturated heterocycles. The van der Waals surface area contributed by atoms with Crippen LogP contribution in [0.4, 0.5) is 5.69 Å². The third-order valence-electron chi connectivity index (χ3n) is 3.55. The monoisotopic (exact) mass is 280 g/mol. The Hall–Kier alpha value is -2.62. The Morgan fingerprint density at radius 1 is 1.10 bits per heavy atom. The number of hydrogen-bond acceptors (Lipinski definition) is 4. The van der Waals surface area contributed by atoms with Crippen LogP contribution in [-0.4, -0.2) is 25.7 Å². The van der Waals surface area contributed by atoms with Crippen molar-refractivity contribution in [2.45, 2.75) is 6.42 Å². The van der Waals surface area contributed by atoms with Crippen molar-refractivity contribution in [2.24, 2.45) is 5.10 Å². The van der Waals surface area contributed by atoms with Gasteiger partial charge in [-0.1, -0.05) is 0 Å². The van der Waals surface area contributed by atoms with Crippen molar-refractivity contribution in [3.05, 3.63) is 59.7 Å². The SMILES string of the molecule is COc1ccc(C2=NN(c3ccc(C=O)cc3)CC2)cc1. The van der Waals surface area contributed by atoms with Gasteiger partial charge in [0.15, 0.2) is 0 Å². The van der Waals surface area contributed by atoms with Gasteiger partial charge in [-0.3, -0.25) is 9.80 Å². The summed E-state index contributed by atoms with van der Waals surface area (Å²) in [5.74, 6) is 0.846. The number of nitrogens with zero attached hydrogens (tertiary/aromatic N) is 2. The molecule has 0 fully saturated rings. The van der Waals surface area contributed by atoms with E-state index in [-0.39, 0.29) is 0 Å². The van der Waals surface area contributed by atoms with Gasteiger partial charge >= 0.3 is 0 Å². The molecule has 0 N–H and O–H groups in total. The van der Waals surface area contributed by atoms with Crippen molar-refractivity contribution in [2.75, 3.05) is 18.7 Å². The molecule has 0 amide bonds. The zero-order valence-corrected chi connectivity index (χ0v) is 11.8. The fraction of sp³-hybridized carbons (Fsp3) is 0.176. The second-order valence-electron chi connectivity index (χ2n) is 4.86. The normalized spacial score (nSPS) is 14.0. The van der Waals surface area contributed by atoms with Crippen LogP contribution in [0.2, 0.25) is 0 Å². The van der Waals surface area contributed by atoms with Crippen LogP contribution in [-0.2, 0) is 0 Å². The van der Waals surface area contributed by atoms with Gasteiger partial charge in [0.25, 0.3) is 0 Å². The Bertz CT molecular complexity index is 660. The maximum Gasteiger partial charge on any atom is 0.150 e. The first kappa shape index (κ1) is 13.4. The average Bonchev–Trinajstić information content (AvgIpc) is 3.05. The zero-order chi connectivity index (χ0) is 14.7. The molecule has 2 aromatic rings. The summed E-state index contributed by atoms with van der Waals surface area (Å²) in [6.45, 7) is 0.849. The molecular formula is C17H16N2O2. The van der Waals surface area contributed by atoms with Gasteiger partial charge in [-0.15, -0.1) is 0 Å². The molecule has 4 heteroatoms. The number of aldehydes is 1. The van der Waals surface area contributed by atoms with E-state index in [1.807, 2.05) is 53.5 Å². The fourth-order valence-corrected chi connectivity index (χ4v) is 2.35. The quantitative estimate of drug-likeness (QED) is 0.808. The van der Waals surface area contributed by atoms with Gasteiger partial charge in [0, 0.05) is 18.5 Å². The Morgan fingerprint density at radius 2 is 1.81 bits per heavy atom. The zero-order valence-electron chi connectivity index (χ0n) is 11.8. The van der Waals surface area contributed by atoms with Crippen LogP contribution in [0.5, 0.6) is 5.75 Å². The van der Waals surface area contributed by atoms with Gasteiger partial charge in [0.05, 0.1) is 18.5 Å². The molecular weight excluding hydrogens is 264 g/mol. The van der Waals surface area contributed by atoms with E-state index in [0.29, 0.717) is 5.56 Å². The molecule has 1 heterocycles. The van der Waals surface area contributed by atoms with Crippen LogP contribution >= 0.6 is 0 Å². The first-order valence-corrected chi connectivity index (χ1v) is 6.85. The molecule has 1 aliphatic heterocycles. The fourth-order valence-electron chi connectivity index (χ4n) is 2.35. The van der Waals surface area contributed by atoms with E-state index in [4.69, 9.17) is 4.74 Å². The summed E-state index contributed by atoms with van der Waals surface area (Å²) >= 11 is 0. The molecule has 0 radical (unpaired) electrons. The van der Waals surface area contributed by atoms with E-state index in [0.717, 1.165) is 42.0 Å². The smallest absolute Gasteiger partial charge is 0.150 e. The lowest BCUT2D eigenvalue weighted by Gasteiger charge is -2.13. The van der Waals surface area contributed by atoms with Crippen molar-refractivity contribution in [1.29, 1.82) is 0 Å². The molecule has 0 unspecified atom stereocenters. The molecule has 0 aromatic heterocycles. The molecule has 0 spiro atoms. The molecule has 106 valence electrons. The Labute approximate surface area is 123 Å². The van der Waals surface area contributed by atoms with Crippen molar-refractivity contribution in [3.63, 3.8) is 0 Å². The van der Waals surface area contributed by atoms with Crippen molar-refractivity contribution in [1.82, 2.24) is 0 Å². The molecule has 4 nitrogen and oxygen atoms in total. The Morgan fingerprint density at radius 3 is 2.43 bits per heavy atom. The largest absolute Gasteiger partial charge is 0.497 e. The van der Waals surface area contributed by atoms with Gasteiger partial charge < -0.3 is 4.74 Å². The lowest BCUT2D eigenvalue weighted by molar-refractivity contribution is 0.112. The summed E-state index contributed by atoms with van der Waals surface area (Å²) < 4.78 is 5.17. The van der Waals surface area contributed by atoms with Gasteiger partial charge in [-0.2, -0.15) is 5.10 Å². The Balaban J connectivity index is 1.80. The first-order chi connectivity index (χ1) is 10.3. The lowest BCUT2D eigenvalue weighted by atomic mass is 10.1. The predicted molar refractivity (Wildman–Crippen MR) is 83.3 cm³/mol. The van der Waals surface area contributed by atoms with E-state index in [1.165, 1.54) is 0 Å². The molecule has 3 rings (SSSR count). The highest BCUT2D eigenvalue weighted by Gasteiger charge is 2.17. The number of carbonyl (C=O) groups is 1. The highest BCUT2D eigenvalue weighted by Crippen LogP contribution is 2.22. The van der Waals surface area contributed by atoms with Crippen molar-refractivity contribution in [3.8, 4) is 5.75 Å². The number of anilines is 1. The van der Waals surface area contributed by atoms with E-state index >= 15 is 0 Å². The number of carbonyl (C=O) groups excluding carboxylic acids is 1. The molecule has 2 aromatic carbocycles. The van der Waals surface area contributed by atoms with Gasteiger partial charge in [-0.25, -0.2) is 0 Å². The van der Waals surface area contributed by atoms with Crippen LogP contribution in [0.25, 0.3) is 0 Å². The molecule has 0 atom stereocenters. The van der Waals surface area contributed by atoms with Crippen LogP contribution in [0.15, 0.2) is 53.6 Å². The summed E-state index contributed by atoms with van der Waals surface area (Å²) in [6, 6.07) is 15.4. The van der Waals surface area contributed by atoms with E-state index < -0.39 is 0 Å². The number of rotatable bonds is 4. The maximum absolute atomic E-state index is 10.7. The van der Waals surface area contributed by atoms with Crippen molar-refractivity contribution < 1.29 is 9.53 Å². The highest BCUT2D eigenvalue weighted by atomic mass is 16.5. The number of hydrogen-bond donors (Lipinski definition) is 0. The minimum Gasteiger partial charge on any atom is -0.497 e. The summed E-state index contributed by atoms with van der Waals surface area (Å²) in [5, 5.41) is 6.63. The van der Waals surface area contributed by atoms with E-state index in [1.54, 1.807) is 7.11 Å². The molecule has 0 saturated carbocycles. The van der Waals surface area contributed by atoms with E-state index in [2.05, 4.69) is 5.10 Å². The molecule has 0 aliphatic carbocycles. The second-order valence-corrected chi connectivity index (χ2v) is 4.86. The summed E-state index contributed by atoms with van der Waals surface area (Å²) in [4.78, 5) is 10.7.